The molecule has 5 N–H and O–H groups in total. The lowest BCUT2D eigenvalue weighted by Crippen LogP contribution is -2.26. The molecule has 3 rings (SSSR count). The third kappa shape index (κ3) is 8.66. The Morgan fingerprint density at radius 3 is 1.90 bits per heavy atom. The number of nitrogens with two attached hydrogens (primary N) is 1. The van der Waals surface area contributed by atoms with Crippen molar-refractivity contribution < 1.29 is 46.1 Å². The number of carboxylic acids is 2. The Bertz CT molecular complexity index is 872. The number of alkyl halides is 6. The second kappa shape index (κ2) is 10.8. The van der Waals surface area contributed by atoms with E-state index in [1.54, 1.807) is 6.20 Å². The number of halogens is 6. The van der Waals surface area contributed by atoms with Crippen LogP contribution in [0.1, 0.15) is 24.3 Å². The number of hydrogen-bond donors (Lipinski definition) is 4. The van der Waals surface area contributed by atoms with Gasteiger partial charge in [0.2, 0.25) is 0 Å². The zero-order valence-corrected chi connectivity index (χ0v) is 15.8. The van der Waals surface area contributed by atoms with Gasteiger partial charge in [0.1, 0.15) is 5.82 Å². The van der Waals surface area contributed by atoms with Gasteiger partial charge in [0.25, 0.3) is 0 Å². The number of aliphatic carboxylic acids is 2. The molecule has 0 atom stereocenters. The summed E-state index contributed by atoms with van der Waals surface area (Å²) in [6, 6.07) is 8.62. The molecule has 1 aromatic heterocycles. The van der Waals surface area contributed by atoms with Crippen LogP contribution < -0.4 is 11.1 Å². The smallest absolute Gasteiger partial charge is 0.475 e. The minimum atomic E-state index is -5.08. The zero-order chi connectivity index (χ0) is 23.8. The third-order valence-corrected chi connectivity index (χ3v) is 4.12. The van der Waals surface area contributed by atoms with Crippen LogP contribution in [0.2, 0.25) is 0 Å². The number of rotatable bonds is 1. The van der Waals surface area contributed by atoms with Crippen LogP contribution in [0.4, 0.5) is 32.2 Å². The van der Waals surface area contributed by atoms with Crippen LogP contribution in [-0.2, 0) is 9.59 Å². The average Bonchev–Trinajstić information content (AvgIpc) is 2.68. The summed E-state index contributed by atoms with van der Waals surface area (Å²) in [6.07, 6.45) is -5.97. The lowest BCUT2D eigenvalue weighted by molar-refractivity contribution is -0.193. The number of carboxylic acid groups (broad SMARTS) is 2. The van der Waals surface area contributed by atoms with E-state index in [0.29, 0.717) is 11.7 Å². The van der Waals surface area contributed by atoms with Gasteiger partial charge in [0.05, 0.1) is 0 Å². The minimum Gasteiger partial charge on any atom is -0.475 e. The molecular weight excluding hydrogens is 436 g/mol. The molecule has 1 aliphatic rings. The summed E-state index contributed by atoms with van der Waals surface area (Å²) in [6.45, 7) is 2.23. The monoisotopic (exact) mass is 455 g/mol. The highest BCUT2D eigenvalue weighted by atomic mass is 19.4. The van der Waals surface area contributed by atoms with Gasteiger partial charge in [-0.1, -0.05) is 12.1 Å². The molecule has 0 unspecified atom stereocenters. The maximum atomic E-state index is 10.6. The Labute approximate surface area is 171 Å². The first-order valence-corrected chi connectivity index (χ1v) is 8.68. The quantitative estimate of drug-likeness (QED) is 0.485. The molecule has 1 aliphatic heterocycles. The standard InChI is InChI=1S/C14H17N3.2C2HF3O2/c15-14-13-9-12(10-3-6-16-7-4-10)2-1-11(13)5-8-17-14;2*3-2(4,5)1(6)7/h1-2,5,8-10,16H,3-4,6-7H2,(H2,15,17);2*(H,6,7). The molecule has 31 heavy (non-hydrogen) atoms. The highest BCUT2D eigenvalue weighted by Gasteiger charge is 2.38. The maximum Gasteiger partial charge on any atom is 0.490 e. The number of pyridine rings is 1. The van der Waals surface area contributed by atoms with Crippen molar-refractivity contribution in [1.82, 2.24) is 10.3 Å². The molecule has 0 aliphatic carbocycles. The van der Waals surface area contributed by atoms with Crippen molar-refractivity contribution in [2.45, 2.75) is 31.1 Å². The van der Waals surface area contributed by atoms with Crippen LogP contribution in [0, 0.1) is 0 Å². The highest BCUT2D eigenvalue weighted by Crippen LogP contribution is 2.29. The van der Waals surface area contributed by atoms with E-state index in [-0.39, 0.29) is 0 Å². The van der Waals surface area contributed by atoms with Gasteiger partial charge in [-0.3, -0.25) is 0 Å². The van der Waals surface area contributed by atoms with Gasteiger partial charge < -0.3 is 21.3 Å². The molecule has 0 spiro atoms. The van der Waals surface area contributed by atoms with Crippen molar-refractivity contribution in [2.75, 3.05) is 18.8 Å². The van der Waals surface area contributed by atoms with Crippen molar-refractivity contribution in [1.29, 1.82) is 0 Å². The number of nitrogen functional groups attached to an aromatic ring is 1. The Balaban J connectivity index is 0.000000288. The predicted octanol–water partition coefficient (Wildman–Crippen LogP) is 3.55. The van der Waals surface area contributed by atoms with Gasteiger partial charge in [0, 0.05) is 11.6 Å². The Hall–Kier alpha value is -3.09. The third-order valence-electron chi connectivity index (χ3n) is 4.12. The largest absolute Gasteiger partial charge is 0.490 e. The molecule has 172 valence electrons. The number of nitrogens with zero attached hydrogens (tertiary/aromatic N) is 1. The molecule has 7 nitrogen and oxygen atoms in total. The van der Waals surface area contributed by atoms with Crippen LogP contribution in [0.3, 0.4) is 0 Å². The first-order valence-electron chi connectivity index (χ1n) is 8.68. The van der Waals surface area contributed by atoms with Gasteiger partial charge >= 0.3 is 24.3 Å². The summed E-state index contributed by atoms with van der Waals surface area (Å²) in [5.74, 6) is -4.21. The number of aromatic nitrogens is 1. The van der Waals surface area contributed by atoms with E-state index in [1.807, 2.05) is 6.07 Å². The van der Waals surface area contributed by atoms with Crippen LogP contribution >= 0.6 is 0 Å². The number of fused-ring (bicyclic) bond motifs is 1. The molecule has 0 saturated carbocycles. The summed E-state index contributed by atoms with van der Waals surface area (Å²) >= 11 is 0. The Morgan fingerprint density at radius 2 is 1.45 bits per heavy atom. The van der Waals surface area contributed by atoms with Crippen molar-refractivity contribution >= 4 is 28.5 Å². The van der Waals surface area contributed by atoms with Gasteiger partial charge in [-0.15, -0.1) is 0 Å². The van der Waals surface area contributed by atoms with Gasteiger partial charge in [-0.25, -0.2) is 14.6 Å². The van der Waals surface area contributed by atoms with E-state index in [9.17, 15) is 26.3 Å². The van der Waals surface area contributed by atoms with Crippen LogP contribution in [0.25, 0.3) is 10.8 Å². The fourth-order valence-electron chi connectivity index (χ4n) is 2.62. The average molecular weight is 455 g/mol. The Morgan fingerprint density at radius 1 is 0.968 bits per heavy atom. The Kier molecular flexibility index (Phi) is 9.03. The van der Waals surface area contributed by atoms with Crippen molar-refractivity contribution in [2.24, 2.45) is 0 Å². The topological polar surface area (TPSA) is 126 Å². The van der Waals surface area contributed by atoms with Crippen molar-refractivity contribution in [3.05, 3.63) is 36.0 Å². The lowest BCUT2D eigenvalue weighted by atomic mass is 9.89. The fraction of sp³-hybridized carbons (Fsp3) is 0.389. The van der Waals surface area contributed by atoms with E-state index >= 15 is 0 Å². The van der Waals surface area contributed by atoms with E-state index < -0.39 is 24.3 Å². The summed E-state index contributed by atoms with van der Waals surface area (Å²) < 4.78 is 63.5. The van der Waals surface area contributed by atoms with Crippen LogP contribution in [0.5, 0.6) is 0 Å². The molecule has 13 heteroatoms. The number of carbonyl (C=O) groups is 2. The summed E-state index contributed by atoms with van der Waals surface area (Å²) in [5.41, 5.74) is 7.33. The first-order chi connectivity index (χ1) is 14.2. The molecule has 1 aromatic carbocycles. The van der Waals surface area contributed by atoms with E-state index in [4.69, 9.17) is 25.5 Å². The molecule has 1 fully saturated rings. The zero-order valence-electron chi connectivity index (χ0n) is 15.8. The number of hydrogen-bond acceptors (Lipinski definition) is 5. The SMILES string of the molecule is Nc1nccc2ccc(C3CCNCC3)cc12.O=C(O)C(F)(F)F.O=C(O)C(F)(F)F. The summed E-state index contributed by atoms with van der Waals surface area (Å²) in [4.78, 5) is 22.0. The van der Waals surface area contributed by atoms with Crippen LogP contribution in [0.15, 0.2) is 30.5 Å². The lowest BCUT2D eigenvalue weighted by Gasteiger charge is -2.23. The van der Waals surface area contributed by atoms with E-state index in [0.717, 1.165) is 18.5 Å². The van der Waals surface area contributed by atoms with E-state index in [2.05, 4.69) is 28.5 Å². The fourth-order valence-corrected chi connectivity index (χ4v) is 2.62. The second-order valence-corrected chi connectivity index (χ2v) is 6.31. The van der Waals surface area contributed by atoms with Gasteiger partial charge in [0.15, 0.2) is 0 Å². The molecule has 2 aromatic rings. The first kappa shape index (κ1) is 25.9. The number of benzene rings is 1. The maximum absolute atomic E-state index is 10.6. The van der Waals surface area contributed by atoms with E-state index in [1.165, 1.54) is 23.8 Å². The van der Waals surface area contributed by atoms with Crippen molar-refractivity contribution in [3.8, 4) is 0 Å². The molecule has 0 radical (unpaired) electrons. The molecule has 0 bridgehead atoms. The molecule has 1 saturated heterocycles. The second-order valence-electron chi connectivity index (χ2n) is 6.31. The van der Waals surface area contributed by atoms with Crippen molar-refractivity contribution in [3.63, 3.8) is 0 Å². The number of piperidine rings is 1. The minimum absolute atomic E-state index is 0.637. The van der Waals surface area contributed by atoms with Crippen LogP contribution in [-0.4, -0.2) is 52.6 Å². The van der Waals surface area contributed by atoms with Gasteiger partial charge in [-0.05, 0) is 54.9 Å². The predicted molar refractivity (Wildman–Crippen MR) is 98.4 cm³/mol. The summed E-state index contributed by atoms with van der Waals surface area (Å²) in [5, 5.41) is 19.9. The number of nitrogens with one attached hydrogen (secondary N) is 1. The highest BCUT2D eigenvalue weighted by molar-refractivity contribution is 5.91. The van der Waals surface area contributed by atoms with Gasteiger partial charge in [-0.2, -0.15) is 26.3 Å². The molecule has 0 amide bonds. The summed E-state index contributed by atoms with van der Waals surface area (Å²) in [7, 11) is 0. The molecular formula is C18H19F6N3O4. The molecule has 2 heterocycles. The normalized spacial score (nSPS) is 14.6. The number of anilines is 1.